The monoisotopic (exact) mass is 1720 g/mol. The molecule has 3 saturated heterocycles. The van der Waals surface area contributed by atoms with E-state index in [4.69, 9.17) is 51.4 Å². The van der Waals surface area contributed by atoms with Gasteiger partial charge >= 0.3 is 5.97 Å². The van der Waals surface area contributed by atoms with Crippen molar-refractivity contribution in [3.05, 3.63) is 65.7 Å². The maximum Gasteiger partial charge on any atom is 0.326 e. The summed E-state index contributed by atoms with van der Waals surface area (Å²) in [7, 11) is 2.88. The zero-order valence-corrected chi connectivity index (χ0v) is 70.8. The van der Waals surface area contributed by atoms with Crippen molar-refractivity contribution in [3.8, 4) is 5.75 Å². The fourth-order valence-electron chi connectivity index (χ4n) is 13.3. The van der Waals surface area contributed by atoms with E-state index in [1.54, 1.807) is 58.0 Å². The molecule has 2 aromatic carbocycles. The molecule has 0 aliphatic carbocycles. The van der Waals surface area contributed by atoms with Gasteiger partial charge in [0.2, 0.25) is 65.0 Å². The minimum atomic E-state index is -2.05. The molecule has 2 aromatic rings. The van der Waals surface area contributed by atoms with Gasteiger partial charge < -0.3 is 140 Å². The molecule has 22 atom stereocenters. The number of hydrogen-bond acceptors (Lipinski definition) is 29. The van der Waals surface area contributed by atoms with Crippen LogP contribution in [0.15, 0.2) is 54.6 Å². The fraction of sp³-hybridized carbons (Fsp3) is 0.692. The third kappa shape index (κ3) is 32.7. The third-order valence-corrected chi connectivity index (χ3v) is 23.0. The normalized spacial score (nSPS) is 23.4. The number of aliphatic hydroxyl groups is 5. The number of primary amides is 1. The van der Waals surface area contributed by atoms with E-state index in [0.29, 0.717) is 24.0 Å². The van der Waals surface area contributed by atoms with Crippen LogP contribution in [0.5, 0.6) is 5.75 Å². The topological polar surface area (TPSA) is 617 Å². The fourth-order valence-corrected chi connectivity index (χ4v) is 15.3. The van der Waals surface area contributed by atoms with Crippen LogP contribution in [0.3, 0.4) is 0 Å². The van der Waals surface area contributed by atoms with Gasteiger partial charge in [0, 0.05) is 24.6 Å². The molecule has 670 valence electrons. The van der Waals surface area contributed by atoms with Crippen LogP contribution in [0, 0.1) is 11.8 Å². The average Bonchev–Trinajstić information content (AvgIpc) is 1.25. The molecule has 0 aromatic heterocycles. The lowest BCUT2D eigenvalue weighted by molar-refractivity contribution is -0.351. The number of ether oxygens (including phenoxy) is 6. The molecule has 3 aliphatic rings. The maximum absolute atomic E-state index is 15.5. The quantitative estimate of drug-likeness (QED) is 0.0178. The Morgan fingerprint density at radius 2 is 1.21 bits per heavy atom. The first-order valence-electron chi connectivity index (χ1n) is 40.1. The molecule has 5 rings (SSSR count). The molecule has 24 N–H and O–H groups in total. The number of benzene rings is 2. The van der Waals surface area contributed by atoms with Crippen LogP contribution in [0.25, 0.3) is 0 Å². The number of rotatable bonds is 50. The van der Waals surface area contributed by atoms with E-state index in [9.17, 15) is 78.9 Å². The number of hydrogen-bond donors (Lipinski definition) is 20. The summed E-state index contributed by atoms with van der Waals surface area (Å²) in [6.45, 7) is 14.3. The number of amides is 11. The highest BCUT2D eigenvalue weighted by Crippen LogP contribution is 2.36. The molecule has 3 aliphatic heterocycles. The molecule has 3 heterocycles. The van der Waals surface area contributed by atoms with Crippen molar-refractivity contribution in [2.75, 3.05) is 45.4 Å². The molecule has 0 radical (unpaired) electrons. The second-order valence-electron chi connectivity index (χ2n) is 31.4. The Balaban J connectivity index is 1.52. The van der Waals surface area contributed by atoms with Gasteiger partial charge in [-0.3, -0.25) is 52.7 Å². The largest absolute Gasteiger partial charge is 0.508 e. The standard InChI is InChI=1S/C78H126N14O25S2/c1-11-41(4)58(72(107)89-53(75(110)111)32-40(2)3)90-70(105)51(33-45-25-27-47(96)28-26-45)88-71(106)54-24-19-31-92(54)74(109)50(23-16-18-30-80)86-68(103)49(22-15-17-29-79)85-73(108)59(91-66(101)42(5)83-69(104)52(34-57(82)97)87-67(102)48(81)38-112-39-118-119-78(8,9)10)43(6)114-76-60(84-44(7)95)64(61(98)55(35-93)115-76)117-77-63(100)65(62(99)56(36-94)116-77)113-37-46-20-13-12-14-21-46/h12-14,20-21,25-28,40-43,48-56,58-65,76-77,93-94,96,98-100H,11,15-19,22-24,29-39,79-81H2,1-10H3,(H2,82,97)(H,83,104)(H,84,95)(H,85,108)(H,86,103)(H,87,102)(H,88,106)(H,89,107)(H,90,105)(H,91,101)(H,110,111)/t41-,42-,43+,48-,49-,50-,51-,52-,53-,54-,55+,56+,58-,59-,60+,61-,62-,63+,64+,65-,76-,77-/m0/s1. The van der Waals surface area contributed by atoms with Crippen LogP contribution in [0.1, 0.15) is 151 Å². The highest BCUT2D eigenvalue weighted by Gasteiger charge is 2.54. The number of nitrogens with zero attached hydrogens (tertiary/aromatic N) is 1. The second kappa shape index (κ2) is 50.4. The van der Waals surface area contributed by atoms with Crippen molar-refractivity contribution in [1.29, 1.82) is 0 Å². The number of carboxylic acid groups (broad SMARTS) is 1. The second-order valence-corrected chi connectivity index (χ2v) is 34.5. The van der Waals surface area contributed by atoms with Gasteiger partial charge in [0.1, 0.15) is 121 Å². The Morgan fingerprint density at radius 1 is 0.647 bits per heavy atom. The minimum absolute atomic E-state index is 0.0319. The van der Waals surface area contributed by atoms with Gasteiger partial charge in [-0.15, -0.1) is 0 Å². The van der Waals surface area contributed by atoms with Crippen molar-refractivity contribution in [2.45, 2.75) is 286 Å². The van der Waals surface area contributed by atoms with Crippen molar-refractivity contribution in [1.82, 2.24) is 52.8 Å². The summed E-state index contributed by atoms with van der Waals surface area (Å²) in [6, 6.07) is -2.59. The minimum Gasteiger partial charge on any atom is -0.508 e. The first kappa shape index (κ1) is 102. The van der Waals surface area contributed by atoms with Gasteiger partial charge in [0.05, 0.1) is 39.0 Å². The highest BCUT2D eigenvalue weighted by atomic mass is 33.1. The Bertz CT molecular complexity index is 3600. The zero-order valence-electron chi connectivity index (χ0n) is 69.2. The number of carbonyl (C=O) groups excluding carboxylic acids is 11. The van der Waals surface area contributed by atoms with Crippen molar-refractivity contribution in [2.24, 2.45) is 34.8 Å². The molecule has 3 fully saturated rings. The number of aliphatic carboxylic acids is 1. The Hall–Kier alpha value is -7.98. The lowest BCUT2D eigenvalue weighted by Gasteiger charge is -2.48. The summed E-state index contributed by atoms with van der Waals surface area (Å²) in [5.74, 6) is -12.5. The predicted molar refractivity (Wildman–Crippen MR) is 435 cm³/mol. The number of phenolic OH excluding ortho intramolecular Hbond substituents is 1. The molecular weight excluding hydrogens is 1600 g/mol. The number of carboxylic acids is 1. The highest BCUT2D eigenvalue weighted by molar-refractivity contribution is 8.77. The summed E-state index contributed by atoms with van der Waals surface area (Å²) in [5, 5.41) is 99.6. The van der Waals surface area contributed by atoms with Crippen LogP contribution in [-0.2, 0) is 99.0 Å². The molecule has 0 bridgehead atoms. The molecule has 39 nitrogen and oxygen atoms in total. The van der Waals surface area contributed by atoms with E-state index >= 15 is 14.4 Å². The van der Waals surface area contributed by atoms with Gasteiger partial charge in [0.15, 0.2) is 12.6 Å². The Morgan fingerprint density at radius 3 is 1.79 bits per heavy atom. The van der Waals surface area contributed by atoms with Crippen molar-refractivity contribution >= 4 is 92.5 Å². The number of nitrogens with two attached hydrogens (primary N) is 4. The first-order valence-corrected chi connectivity index (χ1v) is 42.5. The smallest absolute Gasteiger partial charge is 0.326 e. The average molecular weight is 1720 g/mol. The Kier molecular flexibility index (Phi) is 43.1. The number of aliphatic hydroxyl groups excluding tert-OH is 5. The van der Waals surface area contributed by atoms with Crippen molar-refractivity contribution < 1.29 is 122 Å². The van der Waals surface area contributed by atoms with E-state index in [0.717, 1.165) is 13.8 Å². The van der Waals surface area contributed by atoms with Gasteiger partial charge in [-0.25, -0.2) is 4.79 Å². The molecule has 0 saturated carbocycles. The van der Waals surface area contributed by atoms with Crippen molar-refractivity contribution in [3.63, 3.8) is 0 Å². The van der Waals surface area contributed by atoms with Crippen LogP contribution in [-0.4, -0.2) is 290 Å². The van der Waals surface area contributed by atoms with Crippen LogP contribution < -0.4 is 70.8 Å². The number of aromatic hydroxyl groups is 1. The lowest BCUT2D eigenvalue weighted by Crippen LogP contribution is -2.69. The van der Waals surface area contributed by atoms with Gasteiger partial charge in [-0.2, -0.15) is 0 Å². The molecular formula is C78H126N14O25S2. The Labute approximate surface area is 700 Å². The number of phenols is 1. The van der Waals surface area contributed by atoms with Gasteiger partial charge in [-0.1, -0.05) is 119 Å². The summed E-state index contributed by atoms with van der Waals surface area (Å²) in [6.07, 6.45) is -17.2. The SMILES string of the molecule is CC[C@H](C)[C@H](NC(=O)[C@H](Cc1ccc(O)cc1)NC(=O)[C@@H]1CCCN1C(=O)[C@H](CCCCN)NC(=O)[C@H](CCCCN)NC(=O)[C@@H](NC(=O)[C@H](C)NC(=O)[C@H](CC(N)=O)NC(=O)[C@@H](N)COCSSC(C)(C)C)[C@@H](C)O[C@H]1O[C@H](CO)[C@H](O)[C@H](O[C@@H]2O[C@H](CO)[C@H](O)[C@H](OCc3ccccc3)[C@H]2O)[C@H]1NC(C)=O)C(=O)N[C@@H](CC(C)C)C(=O)O. The molecule has 0 spiro atoms. The summed E-state index contributed by atoms with van der Waals surface area (Å²) >= 11 is 0. The number of likely N-dealkylation sites (tertiary alicyclic amines) is 1. The first-order chi connectivity index (χ1) is 56.3. The van der Waals surface area contributed by atoms with E-state index in [1.807, 2.05) is 20.8 Å². The summed E-state index contributed by atoms with van der Waals surface area (Å²) in [4.78, 5) is 171. The molecule has 11 amide bonds. The lowest BCUT2D eigenvalue weighted by atomic mass is 9.95. The molecule has 41 heteroatoms. The van der Waals surface area contributed by atoms with Crippen LogP contribution in [0.4, 0.5) is 0 Å². The number of unbranched alkanes of at least 4 members (excludes halogenated alkanes) is 2. The number of carbonyl (C=O) groups is 12. The number of nitrogens with one attached hydrogen (secondary N) is 9. The van der Waals surface area contributed by atoms with E-state index in [1.165, 1.54) is 57.7 Å². The predicted octanol–water partition coefficient (Wildman–Crippen LogP) is -2.99. The third-order valence-electron chi connectivity index (χ3n) is 20.0. The summed E-state index contributed by atoms with van der Waals surface area (Å²) < 4.78 is 36.0. The van der Waals surface area contributed by atoms with E-state index in [-0.39, 0.29) is 113 Å². The van der Waals surface area contributed by atoms with Gasteiger partial charge in [-0.05, 0) is 120 Å². The van der Waals surface area contributed by atoms with Crippen LogP contribution >= 0.6 is 21.6 Å². The zero-order chi connectivity index (χ0) is 88.5. The molecule has 119 heavy (non-hydrogen) atoms. The van der Waals surface area contributed by atoms with Crippen LogP contribution in [0.2, 0.25) is 0 Å². The molecule has 0 unspecified atom stereocenters. The van der Waals surface area contributed by atoms with Gasteiger partial charge in [0.25, 0.3) is 0 Å². The maximum atomic E-state index is 15.5. The van der Waals surface area contributed by atoms with E-state index in [2.05, 4.69) is 47.9 Å². The van der Waals surface area contributed by atoms with E-state index < -0.39 is 224 Å². The summed E-state index contributed by atoms with van der Waals surface area (Å²) in [5.41, 5.74) is 24.6.